The first-order chi connectivity index (χ1) is 7.20. The van der Waals surface area contributed by atoms with Gasteiger partial charge in [0.2, 0.25) is 4.73 Å². The summed E-state index contributed by atoms with van der Waals surface area (Å²) in [4.78, 5) is 15.5. The van der Waals surface area contributed by atoms with Crippen molar-refractivity contribution in [3.8, 4) is 0 Å². The fourth-order valence-corrected chi connectivity index (χ4v) is 1.54. The first-order valence-corrected chi connectivity index (χ1v) is 5.19. The minimum absolute atomic E-state index is 0.356. The van der Waals surface area contributed by atoms with Crippen LogP contribution in [0.25, 0.3) is 5.65 Å². The third-order valence-electron chi connectivity index (χ3n) is 1.82. The van der Waals surface area contributed by atoms with Gasteiger partial charge >= 0.3 is 5.97 Å². The van der Waals surface area contributed by atoms with E-state index in [1.807, 2.05) is 0 Å². The molecule has 0 aliphatic heterocycles. The molecule has 0 amide bonds. The molecule has 0 unspecified atom stereocenters. The molecular formula is C9H8BrN3O2. The number of hydrogen-bond donors (Lipinski definition) is 0. The molecule has 2 aromatic heterocycles. The monoisotopic (exact) mass is 269 g/mol. The zero-order chi connectivity index (χ0) is 10.8. The van der Waals surface area contributed by atoms with Crippen LogP contribution in [0.5, 0.6) is 0 Å². The Morgan fingerprint density at radius 3 is 3.13 bits per heavy atom. The van der Waals surface area contributed by atoms with Crippen molar-refractivity contribution in [1.82, 2.24) is 14.6 Å². The summed E-state index contributed by atoms with van der Waals surface area (Å²) >= 11 is 3.16. The van der Waals surface area contributed by atoms with Crippen LogP contribution in [0.2, 0.25) is 0 Å². The van der Waals surface area contributed by atoms with Crippen molar-refractivity contribution in [2.24, 2.45) is 0 Å². The van der Waals surface area contributed by atoms with Gasteiger partial charge in [-0.2, -0.15) is 0 Å². The average molecular weight is 270 g/mol. The molecule has 0 radical (unpaired) electrons. The average Bonchev–Trinajstić information content (AvgIpc) is 2.57. The summed E-state index contributed by atoms with van der Waals surface area (Å²) in [6.07, 6.45) is 1.59. The number of ether oxygens (including phenoxy) is 1. The fraction of sp³-hybridized carbons (Fsp3) is 0.222. The molecule has 78 valence electrons. The Morgan fingerprint density at radius 2 is 2.40 bits per heavy atom. The molecule has 2 heterocycles. The highest BCUT2D eigenvalue weighted by Gasteiger charge is 2.08. The number of fused-ring (bicyclic) bond motifs is 1. The van der Waals surface area contributed by atoms with Crippen LogP contribution in [0.3, 0.4) is 0 Å². The molecule has 0 N–H and O–H groups in total. The molecule has 2 rings (SSSR count). The quantitative estimate of drug-likeness (QED) is 0.779. The first kappa shape index (κ1) is 10.1. The van der Waals surface area contributed by atoms with Crippen LogP contribution in [-0.2, 0) is 4.74 Å². The van der Waals surface area contributed by atoms with E-state index >= 15 is 0 Å². The maximum Gasteiger partial charge on any atom is 0.339 e. The minimum atomic E-state index is -0.356. The van der Waals surface area contributed by atoms with Gasteiger partial charge in [-0.1, -0.05) is 0 Å². The van der Waals surface area contributed by atoms with Crippen molar-refractivity contribution >= 4 is 27.5 Å². The van der Waals surface area contributed by atoms with E-state index in [4.69, 9.17) is 4.74 Å². The minimum Gasteiger partial charge on any atom is -0.462 e. The summed E-state index contributed by atoms with van der Waals surface area (Å²) < 4.78 is 6.88. The molecule has 0 saturated heterocycles. The van der Waals surface area contributed by atoms with E-state index in [2.05, 4.69) is 26.0 Å². The number of esters is 1. The molecule has 15 heavy (non-hydrogen) atoms. The maximum atomic E-state index is 11.4. The van der Waals surface area contributed by atoms with E-state index in [1.54, 1.807) is 25.3 Å². The standard InChI is InChI=1S/C9H8BrN3O2/c1-2-15-8(14)6-3-4-7-11-9(10)12-13(7)5-6/h3-5H,2H2,1H3. The lowest BCUT2D eigenvalue weighted by atomic mass is 10.3. The third kappa shape index (κ3) is 1.99. The summed E-state index contributed by atoms with van der Waals surface area (Å²) in [5.74, 6) is -0.356. The predicted molar refractivity (Wildman–Crippen MR) is 56.6 cm³/mol. The lowest BCUT2D eigenvalue weighted by Gasteiger charge is -2.00. The highest BCUT2D eigenvalue weighted by atomic mass is 79.9. The Hall–Kier alpha value is -1.43. The highest BCUT2D eigenvalue weighted by molar-refractivity contribution is 9.10. The van der Waals surface area contributed by atoms with E-state index < -0.39 is 0 Å². The van der Waals surface area contributed by atoms with Crippen LogP contribution in [0.15, 0.2) is 23.1 Å². The Morgan fingerprint density at radius 1 is 1.60 bits per heavy atom. The molecule has 0 bridgehead atoms. The number of aromatic nitrogens is 3. The number of carbonyl (C=O) groups is 1. The predicted octanol–water partition coefficient (Wildman–Crippen LogP) is 1.67. The topological polar surface area (TPSA) is 56.5 Å². The van der Waals surface area contributed by atoms with Gasteiger partial charge in [0.15, 0.2) is 5.65 Å². The Balaban J connectivity index is 2.41. The number of nitrogens with zero attached hydrogens (tertiary/aromatic N) is 3. The van der Waals surface area contributed by atoms with Crippen LogP contribution >= 0.6 is 15.9 Å². The summed E-state index contributed by atoms with van der Waals surface area (Å²) in [5, 5.41) is 4.03. The molecule has 0 saturated carbocycles. The van der Waals surface area contributed by atoms with Gasteiger partial charge in [-0.15, -0.1) is 5.10 Å². The second kappa shape index (κ2) is 3.98. The van der Waals surface area contributed by atoms with Crippen LogP contribution in [0.1, 0.15) is 17.3 Å². The number of hydrogen-bond acceptors (Lipinski definition) is 4. The molecule has 0 aliphatic rings. The largest absolute Gasteiger partial charge is 0.462 e. The lowest BCUT2D eigenvalue weighted by Crippen LogP contribution is -2.05. The molecule has 5 nitrogen and oxygen atoms in total. The molecule has 0 aliphatic carbocycles. The number of rotatable bonds is 2. The van der Waals surface area contributed by atoms with Gasteiger partial charge in [0.25, 0.3) is 0 Å². The Labute approximate surface area is 94.2 Å². The molecule has 6 heteroatoms. The van der Waals surface area contributed by atoms with Crippen molar-refractivity contribution in [3.63, 3.8) is 0 Å². The smallest absolute Gasteiger partial charge is 0.339 e. The lowest BCUT2D eigenvalue weighted by molar-refractivity contribution is 0.0525. The summed E-state index contributed by atoms with van der Waals surface area (Å²) in [6, 6.07) is 3.37. The number of carbonyl (C=O) groups excluding carboxylic acids is 1. The maximum absolute atomic E-state index is 11.4. The fourth-order valence-electron chi connectivity index (χ4n) is 1.19. The van der Waals surface area contributed by atoms with Gasteiger partial charge in [0, 0.05) is 6.20 Å². The number of pyridine rings is 1. The van der Waals surface area contributed by atoms with Crippen LogP contribution in [0.4, 0.5) is 0 Å². The molecule has 0 aromatic carbocycles. The van der Waals surface area contributed by atoms with E-state index in [0.717, 1.165) is 0 Å². The van der Waals surface area contributed by atoms with Gasteiger partial charge in [0.1, 0.15) is 0 Å². The zero-order valence-electron chi connectivity index (χ0n) is 7.98. The van der Waals surface area contributed by atoms with Crippen molar-refractivity contribution in [3.05, 3.63) is 28.6 Å². The molecular weight excluding hydrogens is 262 g/mol. The summed E-state index contributed by atoms with van der Waals surface area (Å²) in [5.41, 5.74) is 1.14. The van der Waals surface area contributed by atoms with Crippen molar-refractivity contribution in [2.75, 3.05) is 6.61 Å². The van der Waals surface area contributed by atoms with Gasteiger partial charge in [-0.05, 0) is 35.0 Å². The molecule has 0 fully saturated rings. The third-order valence-corrected chi connectivity index (χ3v) is 2.15. The van der Waals surface area contributed by atoms with Gasteiger partial charge in [0.05, 0.1) is 12.2 Å². The highest BCUT2D eigenvalue weighted by Crippen LogP contribution is 2.09. The van der Waals surface area contributed by atoms with Crippen molar-refractivity contribution in [1.29, 1.82) is 0 Å². The summed E-state index contributed by atoms with van der Waals surface area (Å²) in [7, 11) is 0. The van der Waals surface area contributed by atoms with Crippen LogP contribution in [0, 0.1) is 0 Å². The normalized spacial score (nSPS) is 10.5. The second-order valence-corrected chi connectivity index (χ2v) is 3.53. The van der Waals surface area contributed by atoms with Crippen molar-refractivity contribution < 1.29 is 9.53 Å². The Kier molecular flexibility index (Phi) is 2.68. The van der Waals surface area contributed by atoms with E-state index in [9.17, 15) is 4.79 Å². The van der Waals surface area contributed by atoms with E-state index in [-0.39, 0.29) is 5.97 Å². The molecule has 0 atom stereocenters. The van der Waals surface area contributed by atoms with E-state index in [0.29, 0.717) is 22.6 Å². The zero-order valence-corrected chi connectivity index (χ0v) is 9.56. The second-order valence-electron chi connectivity index (χ2n) is 2.82. The SMILES string of the molecule is CCOC(=O)c1ccc2nc(Br)nn2c1. The molecule has 0 spiro atoms. The molecule has 2 aromatic rings. The van der Waals surface area contributed by atoms with E-state index in [1.165, 1.54) is 4.52 Å². The van der Waals surface area contributed by atoms with Crippen molar-refractivity contribution in [2.45, 2.75) is 6.92 Å². The van der Waals surface area contributed by atoms with Crippen LogP contribution < -0.4 is 0 Å². The van der Waals surface area contributed by atoms with Gasteiger partial charge in [-0.3, -0.25) is 0 Å². The van der Waals surface area contributed by atoms with Crippen LogP contribution in [-0.4, -0.2) is 27.2 Å². The number of halogens is 1. The first-order valence-electron chi connectivity index (χ1n) is 4.39. The van der Waals surface area contributed by atoms with Gasteiger partial charge < -0.3 is 4.74 Å². The van der Waals surface area contributed by atoms with Gasteiger partial charge in [-0.25, -0.2) is 14.3 Å². The Bertz CT molecular complexity index is 509. The summed E-state index contributed by atoms with van der Waals surface area (Å²) in [6.45, 7) is 2.13.